The van der Waals surface area contributed by atoms with Crippen LogP contribution in [0.3, 0.4) is 0 Å². The van der Waals surface area contributed by atoms with Gasteiger partial charge in [0.1, 0.15) is 0 Å². The third-order valence-electron chi connectivity index (χ3n) is 8.20. The summed E-state index contributed by atoms with van der Waals surface area (Å²) in [5.74, 6) is 0.292. The molecule has 2 unspecified atom stereocenters. The Morgan fingerprint density at radius 3 is 2.50 bits per heavy atom. The van der Waals surface area contributed by atoms with Gasteiger partial charge in [-0.3, -0.25) is 0 Å². The number of hydrogen-bond acceptors (Lipinski definition) is 2. The molecular weight excluding hydrogens is 391 g/mol. The molecule has 7 heteroatoms. The first-order chi connectivity index (χ1) is 14.0. The lowest BCUT2D eigenvalue weighted by molar-refractivity contribution is -0.132. The van der Waals surface area contributed by atoms with Crippen molar-refractivity contribution in [3.8, 4) is 0 Å². The Labute approximate surface area is 175 Å². The molecule has 2 amide bonds. The molecule has 4 nitrogen and oxygen atoms in total. The lowest BCUT2D eigenvalue weighted by Crippen LogP contribution is -2.50. The van der Waals surface area contributed by atoms with Crippen molar-refractivity contribution in [1.29, 1.82) is 0 Å². The number of benzene rings is 1. The van der Waals surface area contributed by atoms with Crippen LogP contribution in [0.1, 0.15) is 64.4 Å². The molecule has 0 radical (unpaired) electrons. The first-order valence-electron chi connectivity index (χ1n) is 10.8. The zero-order valence-corrected chi connectivity index (χ0v) is 17.8. The van der Waals surface area contributed by atoms with Gasteiger partial charge in [-0.15, -0.1) is 0 Å². The molecule has 0 saturated heterocycles. The summed E-state index contributed by atoms with van der Waals surface area (Å²) in [6.45, 7) is 7.09. The monoisotopic (exact) mass is 421 g/mol. The molecule has 164 valence electrons. The summed E-state index contributed by atoms with van der Waals surface area (Å²) in [5.41, 5.74) is 1.52. The number of rotatable bonds is 4. The molecule has 1 N–H and O–H groups in total. The fourth-order valence-electron chi connectivity index (χ4n) is 5.79. The van der Waals surface area contributed by atoms with Gasteiger partial charge in [-0.2, -0.15) is 18.3 Å². The highest BCUT2D eigenvalue weighted by atomic mass is 19.4. The number of fused-ring (bicyclic) bond motifs is 2. The second-order valence-corrected chi connectivity index (χ2v) is 9.86. The number of carbonyl (C=O) groups excluding carboxylic acids is 1. The highest BCUT2D eigenvalue weighted by Crippen LogP contribution is 2.65. The summed E-state index contributed by atoms with van der Waals surface area (Å²) in [5, 5.41) is 8.86. The van der Waals surface area contributed by atoms with Crippen LogP contribution in [0.25, 0.3) is 0 Å². The molecule has 2 aliphatic carbocycles. The van der Waals surface area contributed by atoms with E-state index in [1.54, 1.807) is 0 Å². The van der Waals surface area contributed by atoms with Crippen molar-refractivity contribution in [3.05, 3.63) is 35.9 Å². The van der Waals surface area contributed by atoms with Crippen LogP contribution in [0.15, 0.2) is 35.4 Å². The molecule has 0 aromatic heterocycles. The summed E-state index contributed by atoms with van der Waals surface area (Å²) in [7, 11) is 0. The summed E-state index contributed by atoms with van der Waals surface area (Å²) in [6.07, 6.45) is -2.14. The molecule has 30 heavy (non-hydrogen) atoms. The maximum atomic E-state index is 13.0. The summed E-state index contributed by atoms with van der Waals surface area (Å²) in [4.78, 5) is 13.0. The van der Waals surface area contributed by atoms with Crippen LogP contribution in [0, 0.1) is 16.7 Å². The van der Waals surface area contributed by atoms with Crippen LogP contribution in [-0.4, -0.2) is 35.5 Å². The van der Waals surface area contributed by atoms with Crippen LogP contribution in [-0.2, 0) is 0 Å². The quantitative estimate of drug-likeness (QED) is 0.665. The largest absolute Gasteiger partial charge is 0.389 e. The fourth-order valence-corrected chi connectivity index (χ4v) is 5.79. The van der Waals surface area contributed by atoms with Gasteiger partial charge in [-0.05, 0) is 48.0 Å². The van der Waals surface area contributed by atoms with Gasteiger partial charge in [-0.25, -0.2) is 9.80 Å². The molecule has 1 aliphatic heterocycles. The van der Waals surface area contributed by atoms with Gasteiger partial charge in [-0.1, -0.05) is 51.1 Å². The lowest BCUT2D eigenvalue weighted by atomic mass is 9.69. The molecule has 4 rings (SSSR count). The Bertz CT molecular complexity index is 836. The SMILES string of the molecule is CC1(C)[C@@H]2CCC1(C)[C@@H](NC(=O)N1CC(c3ccccc3)C(CCC(F)(F)F)=N1)C2. The number of alkyl halides is 3. The van der Waals surface area contributed by atoms with Crippen molar-refractivity contribution in [2.24, 2.45) is 21.8 Å². The Kier molecular flexibility index (Phi) is 5.14. The smallest absolute Gasteiger partial charge is 0.333 e. The molecule has 2 fully saturated rings. The number of halogens is 3. The van der Waals surface area contributed by atoms with Crippen LogP contribution in [0.2, 0.25) is 0 Å². The first kappa shape index (κ1) is 21.2. The maximum Gasteiger partial charge on any atom is 0.389 e. The predicted octanol–water partition coefficient (Wildman–Crippen LogP) is 5.71. The van der Waals surface area contributed by atoms with E-state index < -0.39 is 12.6 Å². The van der Waals surface area contributed by atoms with Crippen molar-refractivity contribution in [3.63, 3.8) is 0 Å². The molecule has 2 saturated carbocycles. The second kappa shape index (κ2) is 7.27. The van der Waals surface area contributed by atoms with Crippen LogP contribution >= 0.6 is 0 Å². The van der Waals surface area contributed by atoms with E-state index in [0.29, 0.717) is 11.6 Å². The Morgan fingerprint density at radius 1 is 1.23 bits per heavy atom. The van der Waals surface area contributed by atoms with E-state index in [2.05, 4.69) is 31.2 Å². The Hall–Kier alpha value is -2.05. The minimum Gasteiger partial charge on any atom is -0.333 e. The minimum absolute atomic E-state index is 0.0364. The van der Waals surface area contributed by atoms with E-state index in [0.717, 1.165) is 18.4 Å². The molecule has 4 atom stereocenters. The van der Waals surface area contributed by atoms with Gasteiger partial charge >= 0.3 is 12.2 Å². The van der Waals surface area contributed by atoms with Gasteiger partial charge in [0.2, 0.25) is 0 Å². The zero-order chi connectivity index (χ0) is 21.7. The third kappa shape index (κ3) is 3.60. The van der Waals surface area contributed by atoms with Crippen molar-refractivity contribution >= 4 is 11.7 Å². The lowest BCUT2D eigenvalue weighted by Gasteiger charge is -2.39. The Morgan fingerprint density at radius 2 is 1.93 bits per heavy atom. The van der Waals surface area contributed by atoms with Crippen molar-refractivity contribution in [2.75, 3.05) is 6.54 Å². The van der Waals surface area contributed by atoms with Crippen molar-refractivity contribution < 1.29 is 18.0 Å². The van der Waals surface area contributed by atoms with E-state index in [1.165, 1.54) is 11.4 Å². The van der Waals surface area contributed by atoms with E-state index in [4.69, 9.17) is 0 Å². The molecule has 2 bridgehead atoms. The van der Waals surface area contributed by atoms with Crippen molar-refractivity contribution in [2.45, 2.75) is 71.0 Å². The van der Waals surface area contributed by atoms with Gasteiger partial charge in [0, 0.05) is 24.1 Å². The van der Waals surface area contributed by atoms with E-state index in [1.807, 2.05) is 30.3 Å². The van der Waals surface area contributed by atoms with Gasteiger partial charge < -0.3 is 5.32 Å². The minimum atomic E-state index is -4.25. The van der Waals surface area contributed by atoms with Gasteiger partial charge in [0.25, 0.3) is 0 Å². The predicted molar refractivity (Wildman–Crippen MR) is 110 cm³/mol. The Balaban J connectivity index is 1.49. The molecule has 0 spiro atoms. The van der Waals surface area contributed by atoms with Crippen LogP contribution in [0.4, 0.5) is 18.0 Å². The first-order valence-corrected chi connectivity index (χ1v) is 10.8. The van der Waals surface area contributed by atoms with Gasteiger partial charge in [0.15, 0.2) is 0 Å². The maximum absolute atomic E-state index is 13.0. The number of carbonyl (C=O) groups is 1. The van der Waals surface area contributed by atoms with Crippen LogP contribution < -0.4 is 5.32 Å². The van der Waals surface area contributed by atoms with E-state index in [9.17, 15) is 18.0 Å². The summed E-state index contributed by atoms with van der Waals surface area (Å²) >= 11 is 0. The average Bonchev–Trinajstić information content (AvgIpc) is 3.26. The van der Waals surface area contributed by atoms with Crippen LogP contribution in [0.5, 0.6) is 0 Å². The number of hydrazone groups is 1. The highest BCUT2D eigenvalue weighted by molar-refractivity contribution is 5.94. The molecular formula is C23H30F3N3O. The third-order valence-corrected chi connectivity index (χ3v) is 8.20. The molecule has 1 aromatic carbocycles. The number of nitrogens with zero attached hydrogens (tertiary/aromatic N) is 2. The summed E-state index contributed by atoms with van der Waals surface area (Å²) in [6, 6.07) is 9.13. The number of urea groups is 1. The number of nitrogens with one attached hydrogen (secondary N) is 1. The van der Waals surface area contributed by atoms with E-state index in [-0.39, 0.29) is 41.8 Å². The number of amides is 2. The second-order valence-electron chi connectivity index (χ2n) is 9.86. The topological polar surface area (TPSA) is 44.7 Å². The summed E-state index contributed by atoms with van der Waals surface area (Å²) < 4.78 is 38.5. The molecule has 1 heterocycles. The molecule has 1 aromatic rings. The van der Waals surface area contributed by atoms with Gasteiger partial charge in [0.05, 0.1) is 6.54 Å². The molecule has 3 aliphatic rings. The average molecular weight is 422 g/mol. The standard InChI is InChI=1S/C23H30F3N3O/c1-21(2)16-9-11-22(21,3)19(13-16)27-20(30)29-14-17(15-7-5-4-6-8-15)18(28-29)10-12-23(24,25)26/h4-8,16-17,19H,9-14H2,1-3H3,(H,27,30)/t16-,17?,19+,22?/m1/s1. The highest BCUT2D eigenvalue weighted by Gasteiger charge is 2.61. The normalized spacial score (nSPS) is 32.4. The van der Waals surface area contributed by atoms with Crippen molar-refractivity contribution in [1.82, 2.24) is 10.3 Å². The zero-order valence-electron chi connectivity index (χ0n) is 17.8. The fraction of sp³-hybridized carbons (Fsp3) is 0.652. The number of hydrogen-bond donors (Lipinski definition) is 1. The van der Waals surface area contributed by atoms with E-state index >= 15 is 0 Å².